The van der Waals surface area contributed by atoms with Gasteiger partial charge >= 0.3 is 6.03 Å². The third kappa shape index (κ3) is 3.80. The summed E-state index contributed by atoms with van der Waals surface area (Å²) < 4.78 is 0. The highest BCUT2D eigenvalue weighted by atomic mass is 32.1. The van der Waals surface area contributed by atoms with Gasteiger partial charge in [0.25, 0.3) is 0 Å². The maximum Gasteiger partial charge on any atom is 0.321 e. The molecule has 2 heterocycles. The zero-order chi connectivity index (χ0) is 15.5. The number of thiazole rings is 1. The molecule has 0 spiro atoms. The van der Waals surface area contributed by atoms with Gasteiger partial charge < -0.3 is 5.32 Å². The second-order valence-corrected chi connectivity index (χ2v) is 7.80. The number of nitrogens with one attached hydrogen (secondary N) is 2. The molecular weight excluding hydrogens is 318 g/mol. The number of nitrogens with zero attached hydrogens (tertiary/aromatic N) is 3. The Morgan fingerprint density at radius 1 is 1.41 bits per heavy atom. The Kier molecular flexibility index (Phi) is 4.68. The number of anilines is 1. The van der Waals surface area contributed by atoms with E-state index in [1.54, 1.807) is 11.3 Å². The van der Waals surface area contributed by atoms with Crippen molar-refractivity contribution < 1.29 is 4.79 Å². The lowest BCUT2D eigenvalue weighted by molar-refractivity contribution is 0.247. The predicted octanol–water partition coefficient (Wildman–Crippen LogP) is 3.53. The highest BCUT2D eigenvalue weighted by Gasteiger charge is 2.35. The Morgan fingerprint density at radius 2 is 2.23 bits per heavy atom. The number of urea groups is 1. The molecule has 0 aromatic carbocycles. The lowest BCUT2D eigenvalue weighted by Crippen LogP contribution is -2.33. The summed E-state index contributed by atoms with van der Waals surface area (Å²) in [6, 6.07) is -0.231. The van der Waals surface area contributed by atoms with Gasteiger partial charge in [0.2, 0.25) is 5.13 Å². The molecule has 0 radical (unpaired) electrons. The van der Waals surface area contributed by atoms with Crippen LogP contribution in [-0.4, -0.2) is 21.2 Å². The van der Waals surface area contributed by atoms with Crippen LogP contribution in [0.25, 0.3) is 0 Å². The minimum absolute atomic E-state index is 0.00161. The van der Waals surface area contributed by atoms with Gasteiger partial charge in [-0.1, -0.05) is 18.3 Å². The first-order valence-corrected chi connectivity index (χ1v) is 9.11. The van der Waals surface area contributed by atoms with Crippen molar-refractivity contribution in [1.82, 2.24) is 20.5 Å². The third-order valence-corrected chi connectivity index (χ3v) is 5.33. The molecule has 6 nitrogen and oxygen atoms in total. The van der Waals surface area contributed by atoms with Crippen LogP contribution in [0.3, 0.4) is 0 Å². The maximum atomic E-state index is 12.2. The Labute approximate surface area is 137 Å². The number of carbonyl (C=O) groups excluding carboxylic acids is 1. The topological polar surface area (TPSA) is 79.8 Å². The van der Waals surface area contributed by atoms with Crippen molar-refractivity contribution in [2.75, 3.05) is 5.32 Å². The molecule has 0 aliphatic heterocycles. The molecule has 1 saturated carbocycles. The first-order valence-electron chi connectivity index (χ1n) is 7.48. The molecule has 22 heavy (non-hydrogen) atoms. The normalized spacial score (nSPS) is 15.5. The lowest BCUT2D eigenvalue weighted by Gasteiger charge is -2.15. The fourth-order valence-corrected chi connectivity index (χ4v) is 3.98. The van der Waals surface area contributed by atoms with E-state index in [-0.39, 0.29) is 12.1 Å². The van der Waals surface area contributed by atoms with Crippen LogP contribution >= 0.6 is 22.7 Å². The Hall–Kier alpha value is -1.54. The molecule has 1 aliphatic carbocycles. The van der Waals surface area contributed by atoms with Crippen molar-refractivity contribution in [2.45, 2.75) is 45.6 Å². The van der Waals surface area contributed by atoms with Crippen LogP contribution in [0.2, 0.25) is 0 Å². The third-order valence-electron chi connectivity index (χ3n) is 3.44. The van der Waals surface area contributed by atoms with Gasteiger partial charge in [-0.05, 0) is 32.1 Å². The largest absolute Gasteiger partial charge is 0.328 e. The van der Waals surface area contributed by atoms with Gasteiger partial charge in [-0.2, -0.15) is 0 Å². The monoisotopic (exact) mass is 337 g/mol. The van der Waals surface area contributed by atoms with Gasteiger partial charge in [0.15, 0.2) is 0 Å². The average Bonchev–Trinajstić information content (AvgIpc) is 3.09. The second-order valence-electron chi connectivity index (χ2n) is 5.47. The number of amides is 2. The summed E-state index contributed by atoms with van der Waals surface area (Å²) in [6.45, 7) is 4.12. The molecule has 0 unspecified atom stereocenters. The van der Waals surface area contributed by atoms with Gasteiger partial charge in [0, 0.05) is 17.5 Å². The number of hydrogen-bond donors (Lipinski definition) is 2. The first kappa shape index (κ1) is 15.4. The fraction of sp³-hybridized carbons (Fsp3) is 0.571. The summed E-state index contributed by atoms with van der Waals surface area (Å²) in [6.07, 6.45) is 6.06. The van der Waals surface area contributed by atoms with Crippen LogP contribution in [0.4, 0.5) is 9.93 Å². The van der Waals surface area contributed by atoms with Gasteiger partial charge in [-0.15, -0.1) is 21.5 Å². The Bertz CT molecular complexity index is 649. The molecule has 2 aromatic heterocycles. The van der Waals surface area contributed by atoms with Gasteiger partial charge in [0.1, 0.15) is 10.0 Å². The van der Waals surface area contributed by atoms with E-state index in [1.165, 1.54) is 11.3 Å². The molecule has 0 saturated heterocycles. The molecule has 0 bridgehead atoms. The summed E-state index contributed by atoms with van der Waals surface area (Å²) >= 11 is 3.07. The number of aromatic nitrogens is 3. The summed E-state index contributed by atoms with van der Waals surface area (Å²) in [7, 11) is 0. The number of rotatable bonds is 6. The maximum absolute atomic E-state index is 12.2. The van der Waals surface area contributed by atoms with Crippen LogP contribution in [-0.2, 0) is 6.42 Å². The van der Waals surface area contributed by atoms with Gasteiger partial charge in [-0.25, -0.2) is 9.78 Å². The standard InChI is InChI=1S/C14H19N5OS2/c1-3-4-10-18-19-14(22-10)17-13(20)16-11(9-5-6-9)12-15-7-8(2)21-12/h7,9,11H,3-6H2,1-2H3,(H2,16,17,19,20)/t11-/m1/s1. The van der Waals surface area contributed by atoms with Crippen LogP contribution in [0, 0.1) is 12.8 Å². The van der Waals surface area contributed by atoms with E-state index in [0.717, 1.165) is 40.6 Å². The SMILES string of the molecule is CCCc1nnc(NC(=O)N[C@@H](c2ncc(C)s2)C2CC2)s1. The molecule has 3 rings (SSSR count). The summed E-state index contributed by atoms with van der Waals surface area (Å²) in [4.78, 5) is 17.8. The van der Waals surface area contributed by atoms with Crippen LogP contribution in [0.15, 0.2) is 6.20 Å². The predicted molar refractivity (Wildman–Crippen MR) is 88.4 cm³/mol. The molecular formula is C14H19N5OS2. The molecule has 2 aromatic rings. The van der Waals surface area contributed by atoms with Crippen molar-refractivity contribution >= 4 is 33.8 Å². The summed E-state index contributed by atoms with van der Waals surface area (Å²) in [5.74, 6) is 0.501. The number of carbonyl (C=O) groups is 1. The van der Waals surface area contributed by atoms with Crippen molar-refractivity contribution in [3.63, 3.8) is 0 Å². The summed E-state index contributed by atoms with van der Waals surface area (Å²) in [5.41, 5.74) is 0. The van der Waals surface area contributed by atoms with Gasteiger partial charge in [-0.3, -0.25) is 5.32 Å². The Balaban J connectivity index is 1.61. The molecule has 1 atom stereocenters. The van der Waals surface area contributed by atoms with E-state index in [4.69, 9.17) is 0 Å². The highest BCUT2D eigenvalue weighted by molar-refractivity contribution is 7.15. The van der Waals surface area contributed by atoms with Crippen molar-refractivity contribution in [3.05, 3.63) is 21.1 Å². The van der Waals surface area contributed by atoms with Crippen molar-refractivity contribution in [1.29, 1.82) is 0 Å². The number of hydrogen-bond acceptors (Lipinski definition) is 6. The first-order chi connectivity index (χ1) is 10.7. The lowest BCUT2D eigenvalue weighted by atomic mass is 10.2. The van der Waals surface area contributed by atoms with Crippen molar-refractivity contribution in [3.8, 4) is 0 Å². The van der Waals surface area contributed by atoms with E-state index < -0.39 is 0 Å². The smallest absolute Gasteiger partial charge is 0.321 e. The molecule has 2 amide bonds. The highest BCUT2D eigenvalue weighted by Crippen LogP contribution is 2.42. The zero-order valence-electron chi connectivity index (χ0n) is 12.6. The Morgan fingerprint density at radius 3 is 2.86 bits per heavy atom. The molecule has 2 N–H and O–H groups in total. The van der Waals surface area contributed by atoms with Crippen LogP contribution < -0.4 is 10.6 Å². The van der Waals surface area contributed by atoms with E-state index in [2.05, 4.69) is 32.7 Å². The minimum Gasteiger partial charge on any atom is -0.328 e. The fourth-order valence-electron chi connectivity index (χ4n) is 2.22. The van der Waals surface area contributed by atoms with E-state index in [0.29, 0.717) is 11.0 Å². The van der Waals surface area contributed by atoms with E-state index >= 15 is 0 Å². The number of aryl methyl sites for hydroxylation is 2. The minimum atomic E-state index is -0.232. The second kappa shape index (κ2) is 6.70. The molecule has 8 heteroatoms. The van der Waals surface area contributed by atoms with E-state index in [9.17, 15) is 4.79 Å². The zero-order valence-corrected chi connectivity index (χ0v) is 14.3. The van der Waals surface area contributed by atoms with Crippen molar-refractivity contribution in [2.24, 2.45) is 5.92 Å². The molecule has 1 aliphatic rings. The van der Waals surface area contributed by atoms with E-state index in [1.807, 2.05) is 13.1 Å². The molecule has 1 fully saturated rings. The molecule has 118 valence electrons. The quantitative estimate of drug-likeness (QED) is 0.845. The van der Waals surface area contributed by atoms with Crippen LogP contribution in [0.5, 0.6) is 0 Å². The summed E-state index contributed by atoms with van der Waals surface area (Å²) in [5, 5.41) is 16.4. The van der Waals surface area contributed by atoms with Crippen LogP contribution in [0.1, 0.15) is 47.1 Å². The van der Waals surface area contributed by atoms with Gasteiger partial charge in [0.05, 0.1) is 6.04 Å². The average molecular weight is 337 g/mol.